The Balaban J connectivity index is 2.08. The van der Waals surface area contributed by atoms with Gasteiger partial charge in [-0.1, -0.05) is 13.3 Å². The quantitative estimate of drug-likeness (QED) is 0.897. The summed E-state index contributed by atoms with van der Waals surface area (Å²) >= 11 is 0. The van der Waals surface area contributed by atoms with Crippen molar-refractivity contribution in [1.82, 2.24) is 5.32 Å². The normalized spacial score (nSPS) is 23.6. The molecule has 1 aliphatic rings. The van der Waals surface area contributed by atoms with Crippen LogP contribution in [0.4, 0.5) is 8.78 Å². The number of hydrogen-bond acceptors (Lipinski definition) is 2. The molecule has 3 atom stereocenters. The molecule has 1 aliphatic carbocycles. The molecule has 3 N–H and O–H groups in total. The molecule has 2 rings (SSSR count). The van der Waals surface area contributed by atoms with E-state index in [0.717, 1.165) is 37.5 Å². The standard InChI is InChI=1S/C16H22F2N2O/c1-2-15(13-9-11(17)6-7-14(13)18)20-16(21)10-4-3-5-12(19)8-10/h6-7,9-10,12,15H,2-5,8,19H2,1H3,(H,20,21). The largest absolute Gasteiger partial charge is 0.349 e. The second-order valence-corrected chi connectivity index (χ2v) is 5.76. The topological polar surface area (TPSA) is 55.1 Å². The number of halogens is 2. The maximum atomic E-state index is 13.8. The van der Waals surface area contributed by atoms with E-state index in [9.17, 15) is 13.6 Å². The number of carbonyl (C=O) groups is 1. The lowest BCUT2D eigenvalue weighted by molar-refractivity contribution is -0.126. The molecule has 0 radical (unpaired) electrons. The van der Waals surface area contributed by atoms with Crippen molar-refractivity contribution in [2.45, 2.75) is 51.1 Å². The minimum atomic E-state index is -0.508. The first-order valence-corrected chi connectivity index (χ1v) is 7.52. The van der Waals surface area contributed by atoms with Gasteiger partial charge in [-0.2, -0.15) is 0 Å². The first-order valence-electron chi connectivity index (χ1n) is 7.52. The molecular formula is C16H22F2N2O. The van der Waals surface area contributed by atoms with Gasteiger partial charge in [0.15, 0.2) is 0 Å². The summed E-state index contributed by atoms with van der Waals surface area (Å²) < 4.78 is 27.1. The van der Waals surface area contributed by atoms with Gasteiger partial charge in [-0.25, -0.2) is 8.78 Å². The molecule has 21 heavy (non-hydrogen) atoms. The van der Waals surface area contributed by atoms with E-state index in [1.807, 2.05) is 6.92 Å². The second kappa shape index (κ2) is 6.98. The number of hydrogen-bond donors (Lipinski definition) is 2. The summed E-state index contributed by atoms with van der Waals surface area (Å²) in [6, 6.07) is 2.87. The highest BCUT2D eigenvalue weighted by Crippen LogP contribution is 2.26. The highest BCUT2D eigenvalue weighted by atomic mass is 19.1. The Morgan fingerprint density at radius 2 is 2.19 bits per heavy atom. The third kappa shape index (κ3) is 4.00. The maximum absolute atomic E-state index is 13.8. The minimum absolute atomic E-state index is 0.0560. The Kier molecular flexibility index (Phi) is 5.28. The summed E-state index contributed by atoms with van der Waals surface area (Å²) in [6.07, 6.45) is 3.85. The molecule has 116 valence electrons. The third-order valence-corrected chi connectivity index (χ3v) is 4.14. The molecule has 0 spiro atoms. The minimum Gasteiger partial charge on any atom is -0.349 e. The van der Waals surface area contributed by atoms with Crippen molar-refractivity contribution >= 4 is 5.91 Å². The third-order valence-electron chi connectivity index (χ3n) is 4.14. The summed E-state index contributed by atoms with van der Waals surface area (Å²) in [6.45, 7) is 1.84. The van der Waals surface area contributed by atoms with Crippen LogP contribution in [0, 0.1) is 17.6 Å². The molecule has 1 saturated carbocycles. The first-order chi connectivity index (χ1) is 10.0. The van der Waals surface area contributed by atoms with Crippen LogP contribution in [-0.2, 0) is 4.79 Å². The summed E-state index contributed by atoms with van der Waals surface area (Å²) in [5, 5.41) is 2.84. The zero-order valence-corrected chi connectivity index (χ0v) is 12.2. The van der Waals surface area contributed by atoms with E-state index >= 15 is 0 Å². The Morgan fingerprint density at radius 3 is 2.86 bits per heavy atom. The van der Waals surface area contributed by atoms with Crippen LogP contribution in [0.15, 0.2) is 18.2 Å². The van der Waals surface area contributed by atoms with E-state index < -0.39 is 17.7 Å². The lowest BCUT2D eigenvalue weighted by Crippen LogP contribution is -2.39. The molecule has 0 aliphatic heterocycles. The van der Waals surface area contributed by atoms with Gasteiger partial charge in [-0.15, -0.1) is 0 Å². The lowest BCUT2D eigenvalue weighted by Gasteiger charge is -2.28. The van der Waals surface area contributed by atoms with Crippen LogP contribution in [0.3, 0.4) is 0 Å². The molecule has 3 nitrogen and oxygen atoms in total. The van der Waals surface area contributed by atoms with Gasteiger partial charge in [0.1, 0.15) is 11.6 Å². The van der Waals surface area contributed by atoms with Crippen molar-refractivity contribution in [2.24, 2.45) is 11.7 Å². The van der Waals surface area contributed by atoms with Crippen molar-refractivity contribution in [3.05, 3.63) is 35.4 Å². The number of carbonyl (C=O) groups excluding carboxylic acids is 1. The van der Waals surface area contributed by atoms with Crippen LogP contribution in [0.25, 0.3) is 0 Å². The highest BCUT2D eigenvalue weighted by Gasteiger charge is 2.27. The number of amides is 1. The SMILES string of the molecule is CCC(NC(=O)C1CCCC(N)C1)c1cc(F)ccc1F. The van der Waals surface area contributed by atoms with E-state index in [2.05, 4.69) is 5.32 Å². The Bertz CT molecular complexity index is 507. The fourth-order valence-electron chi connectivity index (χ4n) is 2.94. The van der Waals surface area contributed by atoms with Crippen molar-refractivity contribution in [3.63, 3.8) is 0 Å². The molecule has 1 aromatic rings. The second-order valence-electron chi connectivity index (χ2n) is 5.76. The maximum Gasteiger partial charge on any atom is 0.223 e. The van der Waals surface area contributed by atoms with Gasteiger partial charge in [-0.3, -0.25) is 4.79 Å². The number of rotatable bonds is 4. The van der Waals surface area contributed by atoms with Gasteiger partial charge in [0.25, 0.3) is 0 Å². The van der Waals surface area contributed by atoms with E-state index in [-0.39, 0.29) is 23.4 Å². The Morgan fingerprint density at radius 1 is 1.43 bits per heavy atom. The van der Waals surface area contributed by atoms with Crippen LogP contribution in [0.1, 0.15) is 50.6 Å². The van der Waals surface area contributed by atoms with E-state index in [1.54, 1.807) is 0 Å². The molecule has 0 saturated heterocycles. The number of nitrogens with two attached hydrogens (primary N) is 1. The fraction of sp³-hybridized carbons (Fsp3) is 0.562. The Hall–Kier alpha value is -1.49. The van der Waals surface area contributed by atoms with Gasteiger partial charge in [0, 0.05) is 17.5 Å². The van der Waals surface area contributed by atoms with Crippen LogP contribution < -0.4 is 11.1 Å². The van der Waals surface area contributed by atoms with Crippen LogP contribution in [-0.4, -0.2) is 11.9 Å². The molecule has 1 aromatic carbocycles. The zero-order valence-electron chi connectivity index (χ0n) is 12.2. The van der Waals surface area contributed by atoms with Crippen molar-refractivity contribution in [1.29, 1.82) is 0 Å². The lowest BCUT2D eigenvalue weighted by atomic mass is 9.85. The molecule has 0 heterocycles. The van der Waals surface area contributed by atoms with Crippen molar-refractivity contribution < 1.29 is 13.6 Å². The van der Waals surface area contributed by atoms with Gasteiger partial charge >= 0.3 is 0 Å². The van der Waals surface area contributed by atoms with Gasteiger partial charge in [-0.05, 0) is 43.9 Å². The summed E-state index contributed by atoms with van der Waals surface area (Å²) in [7, 11) is 0. The average molecular weight is 296 g/mol. The van der Waals surface area contributed by atoms with Gasteiger partial charge in [0.05, 0.1) is 6.04 Å². The first kappa shape index (κ1) is 15.9. The average Bonchev–Trinajstić information content (AvgIpc) is 2.47. The fourth-order valence-corrected chi connectivity index (χ4v) is 2.94. The van der Waals surface area contributed by atoms with Gasteiger partial charge < -0.3 is 11.1 Å². The molecular weight excluding hydrogens is 274 g/mol. The predicted molar refractivity (Wildman–Crippen MR) is 77.5 cm³/mol. The molecule has 0 bridgehead atoms. The summed E-state index contributed by atoms with van der Waals surface area (Å²) in [5.74, 6) is -1.23. The van der Waals surface area contributed by atoms with E-state index in [0.29, 0.717) is 12.8 Å². The molecule has 0 aromatic heterocycles. The molecule has 1 fully saturated rings. The number of nitrogens with one attached hydrogen (secondary N) is 1. The molecule has 1 amide bonds. The van der Waals surface area contributed by atoms with Crippen LogP contribution in [0.5, 0.6) is 0 Å². The smallest absolute Gasteiger partial charge is 0.223 e. The number of benzene rings is 1. The molecule has 3 unspecified atom stereocenters. The summed E-state index contributed by atoms with van der Waals surface area (Å²) in [4.78, 5) is 12.3. The molecule has 5 heteroatoms. The van der Waals surface area contributed by atoms with E-state index in [4.69, 9.17) is 5.73 Å². The van der Waals surface area contributed by atoms with Crippen molar-refractivity contribution in [2.75, 3.05) is 0 Å². The summed E-state index contributed by atoms with van der Waals surface area (Å²) in [5.41, 5.74) is 6.09. The highest BCUT2D eigenvalue weighted by molar-refractivity contribution is 5.79. The van der Waals surface area contributed by atoms with Crippen LogP contribution >= 0.6 is 0 Å². The van der Waals surface area contributed by atoms with Crippen molar-refractivity contribution in [3.8, 4) is 0 Å². The monoisotopic (exact) mass is 296 g/mol. The predicted octanol–water partition coefficient (Wildman–Crippen LogP) is 3.05. The van der Waals surface area contributed by atoms with Gasteiger partial charge in [0.2, 0.25) is 5.91 Å². The Labute approximate surface area is 123 Å². The van der Waals surface area contributed by atoms with Crippen LogP contribution in [0.2, 0.25) is 0 Å². The van der Waals surface area contributed by atoms with E-state index in [1.165, 1.54) is 0 Å². The zero-order chi connectivity index (χ0) is 15.4.